The van der Waals surface area contributed by atoms with Gasteiger partial charge in [-0.3, -0.25) is 0 Å². The Kier molecular flexibility index (Phi) is 4.82. The van der Waals surface area contributed by atoms with Crippen LogP contribution in [0.4, 0.5) is 0 Å². The number of benzene rings is 2. The number of rotatable bonds is 6. The van der Waals surface area contributed by atoms with Gasteiger partial charge in [-0.05, 0) is 30.7 Å². The van der Waals surface area contributed by atoms with Gasteiger partial charge >= 0.3 is 5.97 Å². The predicted octanol–water partition coefficient (Wildman–Crippen LogP) is 3.32. The van der Waals surface area contributed by atoms with E-state index in [1.807, 2.05) is 25.1 Å². The number of carbonyl (C=O) groups is 1. The summed E-state index contributed by atoms with van der Waals surface area (Å²) in [5.74, 6) is -0.00418. The van der Waals surface area contributed by atoms with Gasteiger partial charge in [-0.2, -0.15) is 0 Å². The zero-order chi connectivity index (χ0) is 15.2. The minimum absolute atomic E-state index is 0.182. The van der Waals surface area contributed by atoms with E-state index in [0.717, 1.165) is 6.42 Å². The number of aromatic carboxylic acids is 1. The molecule has 0 saturated heterocycles. The van der Waals surface area contributed by atoms with E-state index in [2.05, 4.69) is 6.07 Å². The lowest BCUT2D eigenvalue weighted by atomic mass is 10.1. The van der Waals surface area contributed by atoms with Crippen molar-refractivity contribution < 1.29 is 19.4 Å². The van der Waals surface area contributed by atoms with Crippen molar-refractivity contribution in [1.29, 1.82) is 0 Å². The molecule has 2 aromatic carbocycles. The van der Waals surface area contributed by atoms with Crippen molar-refractivity contribution in [3.8, 4) is 11.5 Å². The van der Waals surface area contributed by atoms with Gasteiger partial charge in [-0.15, -0.1) is 0 Å². The van der Waals surface area contributed by atoms with Crippen LogP contribution in [0.15, 0.2) is 42.5 Å². The van der Waals surface area contributed by atoms with E-state index in [9.17, 15) is 4.79 Å². The highest BCUT2D eigenvalue weighted by molar-refractivity contribution is 5.88. The molecule has 110 valence electrons. The molecule has 21 heavy (non-hydrogen) atoms. The van der Waals surface area contributed by atoms with E-state index >= 15 is 0 Å². The van der Waals surface area contributed by atoms with Crippen LogP contribution in [0.3, 0.4) is 0 Å². The lowest BCUT2D eigenvalue weighted by Crippen LogP contribution is -2.04. The molecule has 0 fully saturated rings. The van der Waals surface area contributed by atoms with Crippen LogP contribution in [0.5, 0.6) is 11.5 Å². The third kappa shape index (κ3) is 3.99. The molecule has 0 amide bonds. The zero-order valence-electron chi connectivity index (χ0n) is 12.1. The van der Waals surface area contributed by atoms with Crippen LogP contribution >= 0.6 is 0 Å². The van der Waals surface area contributed by atoms with Crippen LogP contribution in [0.25, 0.3) is 0 Å². The van der Waals surface area contributed by atoms with E-state index in [4.69, 9.17) is 14.6 Å². The summed E-state index contributed by atoms with van der Waals surface area (Å²) in [4.78, 5) is 11.0. The van der Waals surface area contributed by atoms with E-state index in [1.165, 1.54) is 30.4 Å². The second-order valence-corrected chi connectivity index (χ2v) is 4.76. The lowest BCUT2D eigenvalue weighted by Gasteiger charge is -2.11. The molecule has 0 radical (unpaired) electrons. The molecular formula is C17H18O4. The van der Waals surface area contributed by atoms with Gasteiger partial charge in [0.15, 0.2) is 11.5 Å². The molecule has 4 nitrogen and oxygen atoms in total. The maximum atomic E-state index is 11.0. The summed E-state index contributed by atoms with van der Waals surface area (Å²) in [6.07, 6.45) is 0.752. The summed E-state index contributed by atoms with van der Waals surface area (Å²) in [6, 6.07) is 12.8. The van der Waals surface area contributed by atoms with Gasteiger partial charge < -0.3 is 14.6 Å². The molecule has 0 saturated carbocycles. The zero-order valence-corrected chi connectivity index (χ0v) is 12.1. The molecule has 0 unspecified atom stereocenters. The summed E-state index contributed by atoms with van der Waals surface area (Å²) in [6.45, 7) is 2.51. The van der Waals surface area contributed by atoms with E-state index < -0.39 is 5.97 Å². The molecule has 0 aliphatic carbocycles. The molecule has 0 spiro atoms. The van der Waals surface area contributed by atoms with Gasteiger partial charge in [0, 0.05) is 6.42 Å². The summed E-state index contributed by atoms with van der Waals surface area (Å²) >= 11 is 0. The smallest absolute Gasteiger partial charge is 0.335 e. The normalized spacial score (nSPS) is 10.2. The van der Waals surface area contributed by atoms with Crippen molar-refractivity contribution >= 4 is 5.97 Å². The molecule has 0 aliphatic heterocycles. The number of hydrogen-bond donors (Lipinski definition) is 1. The first kappa shape index (κ1) is 14.9. The predicted molar refractivity (Wildman–Crippen MR) is 80.3 cm³/mol. The van der Waals surface area contributed by atoms with Crippen molar-refractivity contribution in [3.05, 3.63) is 59.2 Å². The van der Waals surface area contributed by atoms with Gasteiger partial charge in [0.2, 0.25) is 0 Å². The Morgan fingerprint density at radius 1 is 1.14 bits per heavy atom. The number of methoxy groups -OCH3 is 1. The maximum Gasteiger partial charge on any atom is 0.335 e. The molecule has 0 heterocycles. The fourth-order valence-corrected chi connectivity index (χ4v) is 2.07. The Labute approximate surface area is 123 Å². The summed E-state index contributed by atoms with van der Waals surface area (Å²) in [5.41, 5.74) is 2.57. The third-order valence-corrected chi connectivity index (χ3v) is 3.14. The standard InChI is InChI=1S/C17H18O4/c1-12-4-3-5-13(10-12)8-9-21-16-11-14(17(18)19)6-7-15(16)20-2/h3-7,10-11H,8-9H2,1-2H3,(H,18,19). The topological polar surface area (TPSA) is 55.8 Å². The highest BCUT2D eigenvalue weighted by Crippen LogP contribution is 2.28. The molecule has 0 bridgehead atoms. The first-order valence-electron chi connectivity index (χ1n) is 6.70. The van der Waals surface area contributed by atoms with Crippen LogP contribution in [-0.4, -0.2) is 24.8 Å². The highest BCUT2D eigenvalue weighted by Gasteiger charge is 2.10. The highest BCUT2D eigenvalue weighted by atomic mass is 16.5. The molecule has 0 aliphatic rings. The van der Waals surface area contributed by atoms with Crippen LogP contribution in [-0.2, 0) is 6.42 Å². The second-order valence-electron chi connectivity index (χ2n) is 4.76. The number of hydrogen-bond acceptors (Lipinski definition) is 3. The van der Waals surface area contributed by atoms with Crippen LogP contribution in [0.1, 0.15) is 21.5 Å². The van der Waals surface area contributed by atoms with E-state index in [1.54, 1.807) is 6.07 Å². The molecule has 2 aromatic rings. The van der Waals surface area contributed by atoms with E-state index in [0.29, 0.717) is 18.1 Å². The SMILES string of the molecule is COc1ccc(C(=O)O)cc1OCCc1cccc(C)c1. The molecular weight excluding hydrogens is 268 g/mol. The molecule has 0 atom stereocenters. The van der Waals surface area contributed by atoms with Crippen LogP contribution < -0.4 is 9.47 Å². The van der Waals surface area contributed by atoms with E-state index in [-0.39, 0.29) is 5.56 Å². The minimum Gasteiger partial charge on any atom is -0.493 e. The Morgan fingerprint density at radius 2 is 1.95 bits per heavy atom. The molecule has 4 heteroatoms. The molecule has 2 rings (SSSR count). The first-order valence-corrected chi connectivity index (χ1v) is 6.70. The van der Waals surface area contributed by atoms with Crippen LogP contribution in [0, 0.1) is 6.92 Å². The van der Waals surface area contributed by atoms with Gasteiger partial charge in [0.25, 0.3) is 0 Å². The van der Waals surface area contributed by atoms with Crippen molar-refractivity contribution in [2.24, 2.45) is 0 Å². The number of ether oxygens (including phenoxy) is 2. The average Bonchev–Trinajstić information content (AvgIpc) is 2.47. The van der Waals surface area contributed by atoms with Crippen molar-refractivity contribution in [1.82, 2.24) is 0 Å². The second kappa shape index (κ2) is 6.79. The Balaban J connectivity index is 2.05. The summed E-state index contributed by atoms with van der Waals surface area (Å²) in [5, 5.41) is 9.01. The maximum absolute atomic E-state index is 11.0. The fourth-order valence-electron chi connectivity index (χ4n) is 2.07. The fraction of sp³-hybridized carbons (Fsp3) is 0.235. The third-order valence-electron chi connectivity index (χ3n) is 3.14. The summed E-state index contributed by atoms with van der Waals surface area (Å²) < 4.78 is 10.9. The van der Waals surface area contributed by atoms with Crippen molar-refractivity contribution in [2.45, 2.75) is 13.3 Å². The van der Waals surface area contributed by atoms with Crippen molar-refractivity contribution in [2.75, 3.05) is 13.7 Å². The Hall–Kier alpha value is -2.49. The first-order chi connectivity index (χ1) is 10.1. The molecule has 1 N–H and O–H groups in total. The van der Waals surface area contributed by atoms with Gasteiger partial charge in [0.1, 0.15) is 0 Å². The summed E-state index contributed by atoms with van der Waals surface area (Å²) in [7, 11) is 1.53. The average molecular weight is 286 g/mol. The monoisotopic (exact) mass is 286 g/mol. The molecule has 0 aromatic heterocycles. The largest absolute Gasteiger partial charge is 0.493 e. The Bertz CT molecular complexity index is 634. The van der Waals surface area contributed by atoms with Gasteiger partial charge in [0.05, 0.1) is 19.3 Å². The number of carboxylic acid groups (broad SMARTS) is 1. The quantitative estimate of drug-likeness (QED) is 0.885. The van der Waals surface area contributed by atoms with Gasteiger partial charge in [-0.25, -0.2) is 4.79 Å². The number of aryl methyl sites for hydroxylation is 1. The lowest BCUT2D eigenvalue weighted by molar-refractivity contribution is 0.0696. The number of carboxylic acids is 1. The van der Waals surface area contributed by atoms with Crippen LogP contribution in [0.2, 0.25) is 0 Å². The minimum atomic E-state index is -0.985. The van der Waals surface area contributed by atoms with Gasteiger partial charge in [-0.1, -0.05) is 29.8 Å². The van der Waals surface area contributed by atoms with Crippen molar-refractivity contribution in [3.63, 3.8) is 0 Å². The Morgan fingerprint density at radius 3 is 2.62 bits per heavy atom.